The van der Waals surface area contributed by atoms with Crippen LogP contribution < -0.4 is 9.62 Å². The van der Waals surface area contributed by atoms with Gasteiger partial charge in [-0.3, -0.25) is 4.79 Å². The van der Waals surface area contributed by atoms with Gasteiger partial charge in [0.1, 0.15) is 5.82 Å². The molecule has 1 heterocycles. The van der Waals surface area contributed by atoms with Crippen LogP contribution in [0.4, 0.5) is 10.1 Å². The van der Waals surface area contributed by atoms with Crippen molar-refractivity contribution in [1.29, 1.82) is 0 Å². The molecule has 132 valence electrons. The van der Waals surface area contributed by atoms with Crippen LogP contribution in [0.15, 0.2) is 47.4 Å². The summed E-state index contributed by atoms with van der Waals surface area (Å²) in [6.45, 7) is 3.09. The normalized spacial score (nSPS) is 16.8. The largest absolute Gasteiger partial charge is 0.308 e. The number of hydrogen-bond acceptors (Lipinski definition) is 3. The van der Waals surface area contributed by atoms with Crippen molar-refractivity contribution < 1.29 is 17.6 Å². The molecule has 1 atom stereocenters. The van der Waals surface area contributed by atoms with Gasteiger partial charge in [0.05, 0.1) is 11.4 Å². The van der Waals surface area contributed by atoms with Crippen LogP contribution in [0.5, 0.6) is 0 Å². The predicted molar refractivity (Wildman–Crippen MR) is 93.4 cm³/mol. The SMILES string of the molecule is Cc1cc(F)ccc1S(=O)(=O)NCC(=O)N1c2ccccc2CC1C. The number of nitrogens with one attached hydrogen (secondary N) is 1. The van der Waals surface area contributed by atoms with Gasteiger partial charge in [0.25, 0.3) is 0 Å². The molecule has 1 unspecified atom stereocenters. The van der Waals surface area contributed by atoms with Crippen LogP contribution in [0.1, 0.15) is 18.1 Å². The average Bonchev–Trinajstić information content (AvgIpc) is 2.88. The lowest BCUT2D eigenvalue weighted by Crippen LogP contribution is -2.43. The predicted octanol–water partition coefficient (Wildman–Crippen LogP) is 2.39. The number of carbonyl (C=O) groups excluding carboxylic acids is 1. The summed E-state index contributed by atoms with van der Waals surface area (Å²) in [6.07, 6.45) is 0.742. The topological polar surface area (TPSA) is 66.5 Å². The molecule has 0 aromatic heterocycles. The van der Waals surface area contributed by atoms with Crippen LogP contribution in [-0.4, -0.2) is 26.9 Å². The van der Waals surface area contributed by atoms with E-state index in [0.717, 1.165) is 29.8 Å². The number of halogens is 1. The van der Waals surface area contributed by atoms with Gasteiger partial charge in [0, 0.05) is 11.7 Å². The van der Waals surface area contributed by atoms with E-state index >= 15 is 0 Å². The first-order chi connectivity index (χ1) is 11.8. The van der Waals surface area contributed by atoms with Crippen molar-refractivity contribution in [3.8, 4) is 0 Å². The Morgan fingerprint density at radius 1 is 1.28 bits per heavy atom. The third kappa shape index (κ3) is 3.43. The Morgan fingerprint density at radius 3 is 2.72 bits per heavy atom. The maximum absolute atomic E-state index is 13.2. The summed E-state index contributed by atoms with van der Waals surface area (Å²) >= 11 is 0. The monoisotopic (exact) mass is 362 g/mol. The van der Waals surface area contributed by atoms with E-state index in [1.807, 2.05) is 31.2 Å². The van der Waals surface area contributed by atoms with Crippen LogP contribution in [0.25, 0.3) is 0 Å². The van der Waals surface area contributed by atoms with Crippen molar-refractivity contribution in [3.05, 3.63) is 59.4 Å². The van der Waals surface area contributed by atoms with E-state index in [1.54, 1.807) is 4.90 Å². The highest BCUT2D eigenvalue weighted by Crippen LogP contribution is 2.31. The van der Waals surface area contributed by atoms with Crippen molar-refractivity contribution in [2.45, 2.75) is 31.2 Å². The number of sulfonamides is 1. The Morgan fingerprint density at radius 2 is 2.00 bits per heavy atom. The van der Waals surface area contributed by atoms with Crippen molar-refractivity contribution >= 4 is 21.6 Å². The van der Waals surface area contributed by atoms with Gasteiger partial charge >= 0.3 is 0 Å². The highest BCUT2D eigenvalue weighted by atomic mass is 32.2. The minimum atomic E-state index is -3.89. The molecular formula is C18H19FN2O3S. The fourth-order valence-corrected chi connectivity index (χ4v) is 4.38. The maximum Gasteiger partial charge on any atom is 0.242 e. The molecule has 0 spiro atoms. The molecule has 2 aromatic rings. The first kappa shape index (κ1) is 17.6. The van der Waals surface area contributed by atoms with Gasteiger partial charge in [-0.2, -0.15) is 0 Å². The molecule has 0 radical (unpaired) electrons. The first-order valence-corrected chi connectivity index (χ1v) is 9.43. The van der Waals surface area contributed by atoms with Gasteiger partial charge in [0.2, 0.25) is 15.9 Å². The minimum Gasteiger partial charge on any atom is -0.308 e. The number of nitrogens with zero attached hydrogens (tertiary/aromatic N) is 1. The molecule has 2 aromatic carbocycles. The van der Waals surface area contributed by atoms with E-state index in [4.69, 9.17) is 0 Å². The minimum absolute atomic E-state index is 0.0260. The summed E-state index contributed by atoms with van der Waals surface area (Å²) in [5, 5.41) is 0. The van der Waals surface area contributed by atoms with Crippen LogP contribution in [0.3, 0.4) is 0 Å². The second-order valence-electron chi connectivity index (χ2n) is 6.18. The molecule has 1 aliphatic rings. The quantitative estimate of drug-likeness (QED) is 0.908. The molecule has 5 nitrogen and oxygen atoms in total. The first-order valence-electron chi connectivity index (χ1n) is 7.95. The summed E-state index contributed by atoms with van der Waals surface area (Å²) in [5.74, 6) is -0.823. The van der Waals surface area contributed by atoms with Gasteiger partial charge in [-0.15, -0.1) is 0 Å². The Labute approximate surface area is 146 Å². The number of fused-ring (bicyclic) bond motifs is 1. The zero-order chi connectivity index (χ0) is 18.2. The average molecular weight is 362 g/mol. The Kier molecular flexibility index (Phi) is 4.62. The molecule has 1 aliphatic heterocycles. The number of para-hydroxylation sites is 1. The molecule has 0 fully saturated rings. The number of aryl methyl sites for hydroxylation is 1. The Hall–Kier alpha value is -2.25. The van der Waals surface area contributed by atoms with Crippen LogP contribution >= 0.6 is 0 Å². The lowest BCUT2D eigenvalue weighted by molar-refractivity contribution is -0.117. The maximum atomic E-state index is 13.2. The van der Waals surface area contributed by atoms with Crippen LogP contribution in [0, 0.1) is 12.7 Å². The van der Waals surface area contributed by atoms with E-state index in [2.05, 4.69) is 4.72 Å². The van der Waals surface area contributed by atoms with E-state index in [9.17, 15) is 17.6 Å². The number of amides is 1. The molecule has 0 bridgehead atoms. The van der Waals surface area contributed by atoms with Crippen molar-refractivity contribution in [1.82, 2.24) is 4.72 Å². The van der Waals surface area contributed by atoms with E-state index in [1.165, 1.54) is 13.0 Å². The lowest BCUT2D eigenvalue weighted by atomic mass is 10.1. The second kappa shape index (κ2) is 6.57. The number of rotatable bonds is 4. The molecular weight excluding hydrogens is 343 g/mol. The van der Waals surface area contributed by atoms with Gasteiger partial charge in [-0.25, -0.2) is 17.5 Å². The lowest BCUT2D eigenvalue weighted by Gasteiger charge is -2.23. The molecule has 0 saturated carbocycles. The third-order valence-corrected chi connectivity index (χ3v) is 5.88. The summed E-state index contributed by atoms with van der Waals surface area (Å²) in [4.78, 5) is 14.2. The molecule has 25 heavy (non-hydrogen) atoms. The number of benzene rings is 2. The molecule has 7 heteroatoms. The zero-order valence-corrected chi connectivity index (χ0v) is 14.8. The molecule has 1 N–H and O–H groups in total. The number of hydrogen-bond donors (Lipinski definition) is 1. The second-order valence-corrected chi connectivity index (χ2v) is 7.92. The van der Waals surface area contributed by atoms with E-state index < -0.39 is 15.8 Å². The van der Waals surface area contributed by atoms with E-state index in [-0.39, 0.29) is 23.4 Å². The molecule has 3 rings (SSSR count). The molecule has 0 saturated heterocycles. The van der Waals surface area contributed by atoms with Gasteiger partial charge in [-0.1, -0.05) is 18.2 Å². The molecule has 0 aliphatic carbocycles. The summed E-state index contributed by atoms with van der Waals surface area (Å²) in [5.41, 5.74) is 2.18. The Bertz CT molecular complexity index is 928. The van der Waals surface area contributed by atoms with Gasteiger partial charge in [-0.05, 0) is 55.7 Å². The zero-order valence-electron chi connectivity index (χ0n) is 14.0. The summed E-state index contributed by atoms with van der Waals surface area (Å²) in [7, 11) is -3.89. The Balaban J connectivity index is 1.76. The number of anilines is 1. The standard InChI is InChI=1S/C18H19FN2O3S/c1-12-9-15(19)7-8-17(12)25(23,24)20-11-18(22)21-13(2)10-14-5-3-4-6-16(14)21/h3-9,13,20H,10-11H2,1-2H3. The highest BCUT2D eigenvalue weighted by Gasteiger charge is 2.31. The van der Waals surface area contributed by atoms with Crippen molar-refractivity contribution in [2.75, 3.05) is 11.4 Å². The summed E-state index contributed by atoms with van der Waals surface area (Å²) in [6, 6.07) is 11.0. The van der Waals surface area contributed by atoms with Crippen LogP contribution in [-0.2, 0) is 21.2 Å². The van der Waals surface area contributed by atoms with Gasteiger partial charge in [0.15, 0.2) is 0 Å². The number of carbonyl (C=O) groups is 1. The fourth-order valence-electron chi connectivity index (χ4n) is 3.18. The van der Waals surface area contributed by atoms with Crippen LogP contribution in [0.2, 0.25) is 0 Å². The van der Waals surface area contributed by atoms with E-state index in [0.29, 0.717) is 5.56 Å². The third-order valence-electron chi connectivity index (χ3n) is 4.32. The van der Waals surface area contributed by atoms with Crippen molar-refractivity contribution in [2.24, 2.45) is 0 Å². The smallest absolute Gasteiger partial charge is 0.242 e. The highest BCUT2D eigenvalue weighted by molar-refractivity contribution is 7.89. The molecule has 1 amide bonds. The summed E-state index contributed by atoms with van der Waals surface area (Å²) < 4.78 is 40.3. The fraction of sp³-hybridized carbons (Fsp3) is 0.278. The van der Waals surface area contributed by atoms with Gasteiger partial charge < -0.3 is 4.90 Å². The van der Waals surface area contributed by atoms with Crippen molar-refractivity contribution in [3.63, 3.8) is 0 Å².